The van der Waals surface area contributed by atoms with E-state index in [0.717, 1.165) is 27.8 Å². The van der Waals surface area contributed by atoms with Crippen molar-refractivity contribution in [1.82, 2.24) is 14.4 Å². The van der Waals surface area contributed by atoms with E-state index in [0.29, 0.717) is 0 Å². The van der Waals surface area contributed by atoms with Crippen LogP contribution < -0.4 is 9.98 Å². The summed E-state index contributed by atoms with van der Waals surface area (Å²) in [5, 5.41) is 3.67. The predicted octanol–water partition coefficient (Wildman–Crippen LogP) is 8.25. The second-order valence-corrected chi connectivity index (χ2v) is 14.5. The van der Waals surface area contributed by atoms with Crippen LogP contribution in [0.5, 0.6) is 0 Å². The van der Waals surface area contributed by atoms with Crippen molar-refractivity contribution < 1.29 is 9.69 Å². The molecule has 0 saturated carbocycles. The van der Waals surface area contributed by atoms with E-state index in [1.165, 1.54) is 0 Å². The third-order valence-corrected chi connectivity index (χ3v) is 11.6. The highest BCUT2D eigenvalue weighted by Gasteiger charge is 2.62. The number of carbonyl (C=O) groups is 1. The minimum absolute atomic E-state index is 0.0239. The van der Waals surface area contributed by atoms with Crippen molar-refractivity contribution in [2.75, 3.05) is 0 Å². The van der Waals surface area contributed by atoms with Crippen LogP contribution in [0.4, 0.5) is 0 Å². The standard InChI is InChI=1S/C38H44N3O2P/c1-28(2)40-37(33-17-11-7-12-18-33)38(34-19-13-8-14-20-34)41(29(3)4)44(40,43)39-36(32-24-21-30(5)22-25-32)27-35(42)26-23-31-15-9-6-10-16-31/h6-26,28-29,36-38H,27H2,1-5H3,(H,39,43)/b26-23+/t36-,37-,38-/m0/s1. The van der Waals surface area contributed by atoms with Gasteiger partial charge in [0.2, 0.25) is 0 Å². The predicted molar refractivity (Wildman–Crippen MR) is 181 cm³/mol. The molecule has 0 amide bonds. The molecule has 44 heavy (non-hydrogen) atoms. The van der Waals surface area contributed by atoms with E-state index in [9.17, 15) is 4.79 Å². The van der Waals surface area contributed by atoms with Gasteiger partial charge >= 0.3 is 0 Å². The lowest BCUT2D eigenvalue weighted by Gasteiger charge is -2.45. The molecule has 0 radical (unpaired) electrons. The first-order chi connectivity index (χ1) is 21.2. The van der Waals surface area contributed by atoms with Crippen LogP contribution in [0, 0.1) is 6.92 Å². The summed E-state index contributed by atoms with van der Waals surface area (Å²) in [4.78, 5) is 29.5. The zero-order chi connectivity index (χ0) is 31.3. The molecule has 0 spiro atoms. The van der Waals surface area contributed by atoms with Crippen molar-refractivity contribution in [3.8, 4) is 0 Å². The first-order valence-corrected chi connectivity index (χ1v) is 17.2. The Balaban J connectivity index is 1.60. The van der Waals surface area contributed by atoms with Gasteiger partial charge in [0, 0.05) is 18.5 Å². The van der Waals surface area contributed by atoms with Crippen LogP contribution in [0.2, 0.25) is 0 Å². The summed E-state index contributed by atoms with van der Waals surface area (Å²) >= 11 is 0. The average molecular weight is 606 g/mol. The Hall–Kier alpha value is -3.44. The van der Waals surface area contributed by atoms with Gasteiger partial charge in [0.05, 0.1) is 18.1 Å². The number of rotatable bonds is 11. The topological polar surface area (TPSA) is 58.6 Å². The van der Waals surface area contributed by atoms with E-state index >= 15 is 4.89 Å². The number of allylic oxidation sites excluding steroid dienone is 1. The molecule has 0 aliphatic carbocycles. The van der Waals surface area contributed by atoms with Crippen LogP contribution in [0.3, 0.4) is 0 Å². The average Bonchev–Trinajstić information content (AvgIpc) is 3.30. The minimum atomic E-state index is -3.47. The molecular formula is C38H44N3O2P. The Kier molecular flexibility index (Phi) is 10.3. The summed E-state index contributed by atoms with van der Waals surface area (Å²) in [6.45, 7) is 10.5. The summed E-state index contributed by atoms with van der Waals surface area (Å²) in [6, 6.07) is 38.0. The lowest BCUT2D eigenvalue weighted by molar-refractivity contribution is -0.198. The highest BCUT2D eigenvalue weighted by Crippen LogP contribution is 2.72. The largest absolute Gasteiger partial charge is 0.636 e. The normalized spacial score (nSPS) is 19.6. The summed E-state index contributed by atoms with van der Waals surface area (Å²) < 4.78 is 4.37. The van der Waals surface area contributed by atoms with Gasteiger partial charge in [0.15, 0.2) is 13.7 Å². The van der Waals surface area contributed by atoms with Gasteiger partial charge in [-0.1, -0.05) is 127 Å². The van der Waals surface area contributed by atoms with Crippen molar-refractivity contribution in [2.45, 2.75) is 71.2 Å². The first kappa shape index (κ1) is 32.0. The van der Waals surface area contributed by atoms with Crippen LogP contribution in [-0.4, -0.2) is 27.2 Å². The highest BCUT2D eigenvalue weighted by molar-refractivity contribution is 7.62. The van der Waals surface area contributed by atoms with E-state index in [1.807, 2.05) is 60.7 Å². The molecule has 4 aromatic rings. The van der Waals surface area contributed by atoms with Gasteiger partial charge in [-0.05, 0) is 62.9 Å². The summed E-state index contributed by atoms with van der Waals surface area (Å²) in [5.74, 6) is -0.0239. The van der Waals surface area contributed by atoms with Crippen LogP contribution in [0.1, 0.15) is 80.1 Å². The maximum Gasteiger partial charge on any atom is 0.185 e. The number of nitrogens with one attached hydrogen (secondary N) is 1. The maximum atomic E-state index is 15.9. The molecule has 1 heterocycles. The van der Waals surface area contributed by atoms with Crippen molar-refractivity contribution in [1.29, 1.82) is 0 Å². The van der Waals surface area contributed by atoms with Gasteiger partial charge in [-0.25, -0.2) is 0 Å². The lowest BCUT2D eigenvalue weighted by atomic mass is 9.92. The quantitative estimate of drug-likeness (QED) is 0.138. The van der Waals surface area contributed by atoms with Crippen molar-refractivity contribution in [2.24, 2.45) is 0 Å². The molecule has 228 valence electrons. The Morgan fingerprint density at radius 2 is 1.20 bits per heavy atom. The zero-order valence-electron chi connectivity index (χ0n) is 26.4. The van der Waals surface area contributed by atoms with E-state index in [1.54, 1.807) is 6.08 Å². The second-order valence-electron chi connectivity index (χ2n) is 12.2. The smallest absolute Gasteiger partial charge is 0.185 e. The molecular weight excluding hydrogens is 561 g/mol. The monoisotopic (exact) mass is 605 g/mol. The third-order valence-electron chi connectivity index (χ3n) is 8.31. The number of nitrogens with zero attached hydrogens (tertiary/aromatic N) is 2. The van der Waals surface area contributed by atoms with Crippen molar-refractivity contribution in [3.05, 3.63) is 149 Å². The molecule has 0 bridgehead atoms. The molecule has 1 aliphatic heterocycles. The lowest BCUT2D eigenvalue weighted by Crippen LogP contribution is -2.48. The molecule has 1 saturated heterocycles. The van der Waals surface area contributed by atoms with Crippen LogP contribution >= 0.6 is 7.94 Å². The summed E-state index contributed by atoms with van der Waals surface area (Å²) in [6.07, 6.45) is 3.67. The van der Waals surface area contributed by atoms with E-state index in [4.69, 9.17) is 0 Å². The van der Waals surface area contributed by atoms with Crippen LogP contribution in [0.25, 0.3) is 6.08 Å². The fraction of sp³-hybridized carbons (Fsp3) is 0.289. The Labute approximate surface area is 263 Å². The van der Waals surface area contributed by atoms with Crippen LogP contribution in [0.15, 0.2) is 121 Å². The van der Waals surface area contributed by atoms with Gasteiger partial charge in [-0.2, -0.15) is 5.09 Å². The van der Waals surface area contributed by atoms with Gasteiger partial charge in [0.25, 0.3) is 0 Å². The van der Waals surface area contributed by atoms with E-state index in [-0.39, 0.29) is 36.4 Å². The number of ketones is 1. The number of aryl methyl sites for hydroxylation is 1. The number of benzene rings is 4. The summed E-state index contributed by atoms with van der Waals surface area (Å²) in [5.41, 5.74) is 5.29. The molecule has 1 fully saturated rings. The minimum Gasteiger partial charge on any atom is -0.636 e. The molecule has 5 rings (SSSR count). The summed E-state index contributed by atoms with van der Waals surface area (Å²) in [7, 11) is -3.47. The SMILES string of the molecule is Cc1ccc([C@H](CC(=O)/C=C/c2ccccc2)N[P+]2([O-])N(C(C)C)[C@@H](c3ccccc3)[C@H](c3ccccc3)N2C(C)C)cc1. The fourth-order valence-electron chi connectivity index (χ4n) is 6.38. The van der Waals surface area contributed by atoms with Gasteiger partial charge < -0.3 is 4.89 Å². The maximum absolute atomic E-state index is 15.9. The number of carbonyl (C=O) groups excluding carboxylic acids is 1. The van der Waals surface area contributed by atoms with Gasteiger partial charge in [-0.15, -0.1) is 9.34 Å². The van der Waals surface area contributed by atoms with Crippen LogP contribution in [-0.2, 0) is 4.79 Å². The molecule has 4 aromatic carbocycles. The highest BCUT2D eigenvalue weighted by atomic mass is 31.2. The Bertz CT molecular complexity index is 1470. The first-order valence-electron chi connectivity index (χ1n) is 15.6. The van der Waals surface area contributed by atoms with Crippen molar-refractivity contribution in [3.63, 3.8) is 0 Å². The fourth-order valence-corrected chi connectivity index (χ4v) is 9.98. The van der Waals surface area contributed by atoms with Gasteiger partial charge in [-0.3, -0.25) is 4.79 Å². The molecule has 1 aliphatic rings. The number of hydrogen-bond acceptors (Lipinski definition) is 5. The zero-order valence-corrected chi connectivity index (χ0v) is 27.3. The molecule has 6 heteroatoms. The van der Waals surface area contributed by atoms with Crippen molar-refractivity contribution >= 4 is 19.8 Å². The van der Waals surface area contributed by atoms with E-state index < -0.39 is 14.0 Å². The molecule has 5 nitrogen and oxygen atoms in total. The Morgan fingerprint density at radius 1 is 0.750 bits per heavy atom. The van der Waals surface area contributed by atoms with Gasteiger partial charge in [0.1, 0.15) is 0 Å². The Morgan fingerprint density at radius 3 is 1.66 bits per heavy atom. The molecule has 3 atom stereocenters. The molecule has 1 N–H and O–H groups in total. The number of hydrogen-bond donors (Lipinski definition) is 1. The molecule has 0 aromatic heterocycles. The molecule has 0 unspecified atom stereocenters. The van der Waals surface area contributed by atoms with E-state index in [2.05, 4.69) is 110 Å². The third kappa shape index (κ3) is 6.94. The second kappa shape index (κ2) is 14.1.